The Bertz CT molecular complexity index is 150. The highest BCUT2D eigenvalue weighted by Crippen LogP contribution is 2.23. The summed E-state index contributed by atoms with van der Waals surface area (Å²) < 4.78 is 2.82. The molecule has 0 bridgehead atoms. The second-order valence-corrected chi connectivity index (χ2v) is 10.1. The van der Waals surface area contributed by atoms with Gasteiger partial charge in [0.25, 0.3) is 0 Å². The SMILES string of the molecule is CCCCCC[Si](C)(C)N1CCCC1. The highest BCUT2D eigenvalue weighted by Gasteiger charge is 2.30. The van der Waals surface area contributed by atoms with Gasteiger partial charge in [-0.15, -0.1) is 0 Å². The van der Waals surface area contributed by atoms with Crippen LogP contribution >= 0.6 is 0 Å². The van der Waals surface area contributed by atoms with Gasteiger partial charge in [-0.25, -0.2) is 0 Å². The molecule has 0 N–H and O–H groups in total. The van der Waals surface area contributed by atoms with E-state index in [0.29, 0.717) is 0 Å². The molecule has 84 valence electrons. The summed E-state index contributed by atoms with van der Waals surface area (Å²) in [6, 6.07) is 1.52. The first-order chi connectivity index (χ1) is 6.67. The van der Waals surface area contributed by atoms with Crippen LogP contribution in [0.2, 0.25) is 19.1 Å². The molecule has 0 spiro atoms. The number of rotatable bonds is 6. The van der Waals surface area contributed by atoms with E-state index in [9.17, 15) is 0 Å². The normalized spacial score (nSPS) is 19.1. The minimum absolute atomic E-state index is 0.987. The summed E-state index contributed by atoms with van der Waals surface area (Å²) in [5.41, 5.74) is 0. The third-order valence-electron chi connectivity index (χ3n) is 3.60. The molecule has 1 aliphatic rings. The molecule has 14 heavy (non-hydrogen) atoms. The summed E-state index contributed by atoms with van der Waals surface area (Å²) in [5, 5.41) is 0. The molecular formula is C12H27NSi. The summed E-state index contributed by atoms with van der Waals surface area (Å²) in [6.07, 6.45) is 8.64. The van der Waals surface area contributed by atoms with Crippen molar-refractivity contribution < 1.29 is 0 Å². The van der Waals surface area contributed by atoms with E-state index in [1.54, 1.807) is 0 Å². The third-order valence-corrected chi connectivity index (χ3v) is 7.34. The van der Waals surface area contributed by atoms with Gasteiger partial charge >= 0.3 is 0 Å². The third kappa shape index (κ3) is 3.74. The zero-order valence-electron chi connectivity index (χ0n) is 10.3. The van der Waals surface area contributed by atoms with E-state index in [0.717, 1.165) is 0 Å². The Hall–Kier alpha value is 0.177. The summed E-state index contributed by atoms with van der Waals surface area (Å²) in [7, 11) is -0.987. The monoisotopic (exact) mass is 213 g/mol. The first kappa shape index (κ1) is 12.2. The van der Waals surface area contributed by atoms with Crippen LogP contribution in [0.1, 0.15) is 45.4 Å². The minimum atomic E-state index is -0.987. The molecule has 0 radical (unpaired) electrons. The Morgan fingerprint density at radius 3 is 2.21 bits per heavy atom. The molecule has 1 nitrogen and oxygen atoms in total. The summed E-state index contributed by atoms with van der Waals surface area (Å²) in [5.74, 6) is 0. The van der Waals surface area contributed by atoms with Crippen molar-refractivity contribution >= 4 is 8.24 Å². The van der Waals surface area contributed by atoms with Crippen molar-refractivity contribution in [3.63, 3.8) is 0 Å². The van der Waals surface area contributed by atoms with Crippen LogP contribution < -0.4 is 0 Å². The number of nitrogens with zero attached hydrogens (tertiary/aromatic N) is 1. The fourth-order valence-corrected chi connectivity index (χ4v) is 5.42. The van der Waals surface area contributed by atoms with E-state index >= 15 is 0 Å². The Morgan fingerprint density at radius 1 is 1.00 bits per heavy atom. The summed E-state index contributed by atoms with van der Waals surface area (Å²) >= 11 is 0. The van der Waals surface area contributed by atoms with Crippen LogP contribution in [0.5, 0.6) is 0 Å². The zero-order valence-corrected chi connectivity index (χ0v) is 11.3. The highest BCUT2D eigenvalue weighted by molar-refractivity contribution is 6.74. The molecule has 0 aromatic carbocycles. The van der Waals surface area contributed by atoms with Crippen LogP contribution in [0, 0.1) is 0 Å². The molecule has 0 saturated carbocycles. The van der Waals surface area contributed by atoms with Gasteiger partial charge in [-0.05, 0) is 32.0 Å². The van der Waals surface area contributed by atoms with Crippen LogP contribution in [0.3, 0.4) is 0 Å². The molecule has 1 rings (SSSR count). The van der Waals surface area contributed by atoms with E-state index in [-0.39, 0.29) is 0 Å². The molecule has 0 amide bonds. The largest absolute Gasteiger partial charge is 0.324 e. The molecule has 0 unspecified atom stereocenters. The lowest BCUT2D eigenvalue weighted by molar-refractivity contribution is 0.512. The van der Waals surface area contributed by atoms with Crippen molar-refractivity contribution in [2.45, 2.75) is 64.6 Å². The van der Waals surface area contributed by atoms with Crippen molar-refractivity contribution in [1.29, 1.82) is 0 Å². The lowest BCUT2D eigenvalue weighted by Gasteiger charge is -2.33. The van der Waals surface area contributed by atoms with Crippen molar-refractivity contribution in [2.75, 3.05) is 13.1 Å². The number of hydrogen-bond donors (Lipinski definition) is 0. The van der Waals surface area contributed by atoms with E-state index < -0.39 is 8.24 Å². The van der Waals surface area contributed by atoms with Crippen LogP contribution in [0.15, 0.2) is 0 Å². The van der Waals surface area contributed by atoms with Crippen molar-refractivity contribution in [3.05, 3.63) is 0 Å². The van der Waals surface area contributed by atoms with Gasteiger partial charge in [0.2, 0.25) is 0 Å². The molecule has 1 saturated heterocycles. The number of hydrogen-bond acceptors (Lipinski definition) is 1. The van der Waals surface area contributed by atoms with E-state index in [4.69, 9.17) is 0 Å². The average Bonchev–Trinajstić information content (AvgIpc) is 2.65. The molecule has 0 atom stereocenters. The van der Waals surface area contributed by atoms with Gasteiger partial charge in [-0.1, -0.05) is 45.7 Å². The Labute approximate surface area is 91.0 Å². The maximum atomic E-state index is 2.82. The smallest absolute Gasteiger partial charge is 0.122 e. The molecule has 0 aromatic heterocycles. The first-order valence-corrected chi connectivity index (χ1v) is 9.57. The van der Waals surface area contributed by atoms with E-state index in [1.807, 2.05) is 0 Å². The van der Waals surface area contributed by atoms with E-state index in [1.165, 1.54) is 57.7 Å². The Balaban J connectivity index is 2.19. The van der Waals surface area contributed by atoms with Crippen LogP contribution in [0.25, 0.3) is 0 Å². The van der Waals surface area contributed by atoms with Gasteiger partial charge in [0.05, 0.1) is 0 Å². The lowest BCUT2D eigenvalue weighted by Crippen LogP contribution is -2.46. The molecule has 1 fully saturated rings. The number of unbranched alkanes of at least 4 members (excludes halogenated alkanes) is 3. The predicted molar refractivity (Wildman–Crippen MR) is 67.2 cm³/mol. The zero-order chi connectivity index (χ0) is 10.4. The van der Waals surface area contributed by atoms with Gasteiger partial charge < -0.3 is 4.57 Å². The van der Waals surface area contributed by atoms with Gasteiger partial charge in [-0.2, -0.15) is 0 Å². The van der Waals surface area contributed by atoms with Crippen LogP contribution in [-0.2, 0) is 0 Å². The molecular weight excluding hydrogens is 186 g/mol. The van der Waals surface area contributed by atoms with Gasteiger partial charge in [-0.3, -0.25) is 0 Å². The Kier molecular flexibility index (Phi) is 5.17. The molecule has 0 aromatic rings. The summed E-state index contributed by atoms with van der Waals surface area (Å²) in [6.45, 7) is 10.2. The maximum Gasteiger partial charge on any atom is 0.122 e. The molecule has 2 heteroatoms. The maximum absolute atomic E-state index is 2.82. The fourth-order valence-electron chi connectivity index (χ4n) is 2.46. The van der Waals surface area contributed by atoms with Crippen molar-refractivity contribution in [2.24, 2.45) is 0 Å². The van der Waals surface area contributed by atoms with Crippen LogP contribution in [-0.4, -0.2) is 25.9 Å². The molecule has 1 heterocycles. The topological polar surface area (TPSA) is 3.24 Å². The predicted octanol–water partition coefficient (Wildman–Crippen LogP) is 3.87. The molecule has 0 aliphatic carbocycles. The van der Waals surface area contributed by atoms with Crippen molar-refractivity contribution in [1.82, 2.24) is 4.57 Å². The Morgan fingerprint density at radius 2 is 1.64 bits per heavy atom. The second kappa shape index (κ2) is 5.91. The first-order valence-electron chi connectivity index (χ1n) is 6.42. The van der Waals surface area contributed by atoms with Crippen molar-refractivity contribution in [3.8, 4) is 0 Å². The lowest BCUT2D eigenvalue weighted by atomic mass is 10.2. The van der Waals surface area contributed by atoms with Gasteiger partial charge in [0.15, 0.2) is 0 Å². The highest BCUT2D eigenvalue weighted by atomic mass is 28.3. The average molecular weight is 213 g/mol. The van der Waals surface area contributed by atoms with Gasteiger partial charge in [0.1, 0.15) is 8.24 Å². The van der Waals surface area contributed by atoms with Gasteiger partial charge in [0, 0.05) is 0 Å². The fraction of sp³-hybridized carbons (Fsp3) is 1.00. The van der Waals surface area contributed by atoms with E-state index in [2.05, 4.69) is 24.6 Å². The standard InChI is InChI=1S/C12H27NSi/c1-4-5-6-9-12-14(2,3)13-10-7-8-11-13/h4-12H2,1-3H3. The van der Waals surface area contributed by atoms with Crippen LogP contribution in [0.4, 0.5) is 0 Å². The minimum Gasteiger partial charge on any atom is -0.324 e. The summed E-state index contributed by atoms with van der Waals surface area (Å²) in [4.78, 5) is 0. The molecule has 1 aliphatic heterocycles. The quantitative estimate of drug-likeness (QED) is 0.478. The second-order valence-electron chi connectivity index (χ2n) is 5.32.